The third-order valence-electron chi connectivity index (χ3n) is 4.63. The van der Waals surface area contributed by atoms with Gasteiger partial charge >= 0.3 is 0 Å². The van der Waals surface area contributed by atoms with Crippen molar-refractivity contribution in [2.24, 2.45) is 0 Å². The Morgan fingerprint density at radius 2 is 1.12 bits per heavy atom. The summed E-state index contributed by atoms with van der Waals surface area (Å²) in [6, 6.07) is 0. The number of rotatable bonds is 18. The van der Waals surface area contributed by atoms with Crippen molar-refractivity contribution in [2.75, 3.05) is 26.3 Å². The van der Waals surface area contributed by atoms with Crippen molar-refractivity contribution in [3.05, 3.63) is 0 Å². The molecule has 0 rings (SSSR count). The quantitative estimate of drug-likeness (QED) is 0.275. The summed E-state index contributed by atoms with van der Waals surface area (Å²) < 4.78 is 0. The number of aliphatic hydroxyl groups excluding tert-OH is 4. The number of nitrogens with zero attached hydrogens (tertiary/aromatic N) is 1. The fourth-order valence-electron chi connectivity index (χ4n) is 3.00. The molecule has 2 atom stereocenters. The molecule has 156 valence electrons. The van der Waals surface area contributed by atoms with Crippen LogP contribution in [-0.4, -0.2) is 69.7 Å². The van der Waals surface area contributed by atoms with Crippen molar-refractivity contribution in [3.63, 3.8) is 0 Å². The maximum Gasteiger partial charge on any atom is 0.222 e. The van der Waals surface area contributed by atoms with Gasteiger partial charge in [0.15, 0.2) is 0 Å². The molecule has 6 heteroatoms. The fraction of sp³-hybridized carbons (Fsp3) is 0.950. The van der Waals surface area contributed by atoms with Crippen molar-refractivity contribution in [2.45, 2.75) is 96.2 Å². The Bertz CT molecular complexity index is 315. The second-order valence-corrected chi connectivity index (χ2v) is 7.26. The molecule has 0 aliphatic carbocycles. The topological polar surface area (TPSA) is 101 Å². The average Bonchev–Trinajstić information content (AvgIpc) is 2.64. The first-order chi connectivity index (χ1) is 12.5. The van der Waals surface area contributed by atoms with E-state index >= 15 is 0 Å². The first kappa shape index (κ1) is 25.3. The van der Waals surface area contributed by atoms with E-state index < -0.39 is 25.4 Å². The summed E-state index contributed by atoms with van der Waals surface area (Å²) in [5.41, 5.74) is 0. The van der Waals surface area contributed by atoms with E-state index in [1.807, 2.05) is 0 Å². The lowest BCUT2D eigenvalue weighted by Crippen LogP contribution is -2.43. The highest BCUT2D eigenvalue weighted by Gasteiger charge is 2.19. The van der Waals surface area contributed by atoms with E-state index in [2.05, 4.69) is 6.92 Å². The maximum atomic E-state index is 12.2. The smallest absolute Gasteiger partial charge is 0.222 e. The molecule has 0 aromatic rings. The SMILES string of the molecule is CCCCCCCCCCCCCC(=O)N(CC(O)CO)CC(O)CO. The Morgan fingerprint density at radius 1 is 0.731 bits per heavy atom. The molecule has 0 saturated carbocycles. The first-order valence-electron chi connectivity index (χ1n) is 10.4. The van der Waals surface area contributed by atoms with Gasteiger partial charge in [0.25, 0.3) is 0 Å². The summed E-state index contributed by atoms with van der Waals surface area (Å²) in [6.45, 7) is 1.32. The van der Waals surface area contributed by atoms with Crippen LogP contribution in [0, 0.1) is 0 Å². The van der Waals surface area contributed by atoms with Crippen molar-refractivity contribution in [1.82, 2.24) is 4.90 Å². The molecule has 26 heavy (non-hydrogen) atoms. The molecule has 6 nitrogen and oxygen atoms in total. The van der Waals surface area contributed by atoms with Crippen LogP contribution in [0.1, 0.15) is 84.0 Å². The summed E-state index contributed by atoms with van der Waals surface area (Å²) in [5, 5.41) is 36.9. The maximum absolute atomic E-state index is 12.2. The Hall–Kier alpha value is -0.690. The highest BCUT2D eigenvalue weighted by Crippen LogP contribution is 2.12. The van der Waals surface area contributed by atoms with Crippen LogP contribution >= 0.6 is 0 Å². The summed E-state index contributed by atoms with van der Waals surface area (Å²) in [7, 11) is 0. The molecule has 0 aliphatic heterocycles. The Labute approximate surface area is 159 Å². The largest absolute Gasteiger partial charge is 0.394 e. The molecule has 0 spiro atoms. The highest BCUT2D eigenvalue weighted by molar-refractivity contribution is 5.76. The van der Waals surface area contributed by atoms with E-state index in [1.54, 1.807) is 0 Å². The van der Waals surface area contributed by atoms with E-state index in [-0.39, 0.29) is 19.0 Å². The lowest BCUT2D eigenvalue weighted by Gasteiger charge is -2.26. The summed E-state index contributed by atoms with van der Waals surface area (Å²) >= 11 is 0. The first-order valence-corrected chi connectivity index (χ1v) is 10.4. The van der Waals surface area contributed by atoms with Gasteiger partial charge in [-0.1, -0.05) is 71.1 Å². The van der Waals surface area contributed by atoms with Gasteiger partial charge in [0.2, 0.25) is 5.91 Å². The zero-order chi connectivity index (χ0) is 19.6. The third kappa shape index (κ3) is 14.5. The number of hydrogen-bond acceptors (Lipinski definition) is 5. The molecule has 0 radical (unpaired) electrons. The Kier molecular flexibility index (Phi) is 17.2. The van der Waals surface area contributed by atoms with Crippen LogP contribution in [-0.2, 0) is 4.79 Å². The molecule has 2 unspecified atom stereocenters. The van der Waals surface area contributed by atoms with E-state index in [1.165, 1.54) is 56.3 Å². The highest BCUT2D eigenvalue weighted by atomic mass is 16.3. The van der Waals surface area contributed by atoms with Gasteiger partial charge in [0, 0.05) is 19.5 Å². The van der Waals surface area contributed by atoms with E-state index in [9.17, 15) is 15.0 Å². The summed E-state index contributed by atoms with van der Waals surface area (Å²) in [6.07, 6.45) is 11.7. The van der Waals surface area contributed by atoms with Gasteiger partial charge in [0.1, 0.15) is 0 Å². The zero-order valence-corrected chi connectivity index (χ0v) is 16.6. The summed E-state index contributed by atoms with van der Waals surface area (Å²) in [4.78, 5) is 13.6. The lowest BCUT2D eigenvalue weighted by molar-refractivity contribution is -0.135. The monoisotopic (exact) mass is 375 g/mol. The third-order valence-corrected chi connectivity index (χ3v) is 4.63. The minimum Gasteiger partial charge on any atom is -0.394 e. The van der Waals surface area contributed by atoms with Crippen LogP contribution in [0.25, 0.3) is 0 Å². The Balaban J connectivity index is 3.80. The van der Waals surface area contributed by atoms with Crippen molar-refractivity contribution in [3.8, 4) is 0 Å². The van der Waals surface area contributed by atoms with E-state index in [0.717, 1.165) is 19.3 Å². The molecule has 0 fully saturated rings. The predicted molar refractivity (Wildman–Crippen MR) is 104 cm³/mol. The molecule has 0 aromatic heterocycles. The van der Waals surface area contributed by atoms with Gasteiger partial charge in [0.05, 0.1) is 25.4 Å². The molecule has 0 heterocycles. The standard InChI is InChI=1S/C20H41NO5/c1-2-3-4-5-6-7-8-9-10-11-12-13-20(26)21(14-18(24)16-22)15-19(25)17-23/h18-19,22-25H,2-17H2,1H3. The molecule has 0 aromatic carbocycles. The molecular formula is C20H41NO5. The van der Waals surface area contributed by atoms with Crippen molar-refractivity contribution >= 4 is 5.91 Å². The molecule has 0 saturated heterocycles. The average molecular weight is 376 g/mol. The van der Waals surface area contributed by atoms with Gasteiger partial charge < -0.3 is 25.3 Å². The zero-order valence-electron chi connectivity index (χ0n) is 16.6. The molecule has 0 aliphatic rings. The number of aliphatic hydroxyl groups is 4. The van der Waals surface area contributed by atoms with Crippen LogP contribution in [0.2, 0.25) is 0 Å². The molecule has 4 N–H and O–H groups in total. The normalized spacial score (nSPS) is 13.6. The fourth-order valence-corrected chi connectivity index (χ4v) is 3.00. The van der Waals surface area contributed by atoms with E-state index in [4.69, 9.17) is 10.2 Å². The van der Waals surface area contributed by atoms with Gasteiger partial charge in [-0.15, -0.1) is 0 Å². The molecule has 0 bridgehead atoms. The van der Waals surface area contributed by atoms with Gasteiger partial charge in [-0.05, 0) is 6.42 Å². The lowest BCUT2D eigenvalue weighted by atomic mass is 10.0. The summed E-state index contributed by atoms with van der Waals surface area (Å²) in [5.74, 6) is -0.152. The second kappa shape index (κ2) is 17.7. The number of unbranched alkanes of at least 4 members (excludes halogenated alkanes) is 10. The van der Waals surface area contributed by atoms with Crippen LogP contribution in [0.5, 0.6) is 0 Å². The number of carbonyl (C=O) groups is 1. The number of hydrogen-bond donors (Lipinski definition) is 4. The van der Waals surface area contributed by atoms with Crippen molar-refractivity contribution < 1.29 is 25.2 Å². The molecule has 1 amide bonds. The van der Waals surface area contributed by atoms with E-state index in [0.29, 0.717) is 6.42 Å². The predicted octanol–water partition coefficient (Wildman–Crippen LogP) is 2.22. The van der Waals surface area contributed by atoms with Crippen LogP contribution in [0.15, 0.2) is 0 Å². The van der Waals surface area contributed by atoms with Crippen LogP contribution < -0.4 is 0 Å². The Morgan fingerprint density at radius 3 is 1.50 bits per heavy atom. The number of carbonyl (C=O) groups excluding carboxylic acids is 1. The van der Waals surface area contributed by atoms with Crippen molar-refractivity contribution in [1.29, 1.82) is 0 Å². The minimum absolute atomic E-state index is 0.0234. The second-order valence-electron chi connectivity index (χ2n) is 7.26. The van der Waals surface area contributed by atoms with Gasteiger partial charge in [-0.25, -0.2) is 0 Å². The minimum atomic E-state index is -1.03. The van der Waals surface area contributed by atoms with Gasteiger partial charge in [-0.3, -0.25) is 4.79 Å². The number of amides is 1. The molecular weight excluding hydrogens is 334 g/mol. The van der Waals surface area contributed by atoms with Gasteiger partial charge in [-0.2, -0.15) is 0 Å². The van der Waals surface area contributed by atoms with Crippen LogP contribution in [0.4, 0.5) is 0 Å². The van der Waals surface area contributed by atoms with Crippen LogP contribution in [0.3, 0.4) is 0 Å².